The van der Waals surface area contributed by atoms with Crippen LogP contribution in [0.4, 0.5) is 0 Å². The van der Waals surface area contributed by atoms with Gasteiger partial charge in [-0.15, -0.1) is 24.1 Å². The number of fused-ring (bicyclic) bond motifs is 4. The number of carbonyl (C=O) groups is 19. The van der Waals surface area contributed by atoms with E-state index in [0.717, 1.165) is 36.3 Å². The molecule has 2 aromatic heterocycles. The van der Waals surface area contributed by atoms with E-state index in [0.29, 0.717) is 64.2 Å². The fourth-order valence-corrected chi connectivity index (χ4v) is 18.2. The van der Waals surface area contributed by atoms with E-state index in [1.165, 1.54) is 63.1 Å². The van der Waals surface area contributed by atoms with E-state index in [9.17, 15) is 68.1 Å². The van der Waals surface area contributed by atoms with E-state index in [1.807, 2.05) is 13.8 Å². The molecule has 3 aliphatic heterocycles. The minimum atomic E-state index is -1.79. The number of terminal acetylenes is 1. The van der Waals surface area contributed by atoms with Gasteiger partial charge in [-0.3, -0.25) is 91.1 Å². The molecule has 5 heterocycles. The molecule has 0 radical (unpaired) electrons. The van der Waals surface area contributed by atoms with Crippen molar-refractivity contribution in [2.24, 2.45) is 34.8 Å². The van der Waals surface area contributed by atoms with Crippen molar-refractivity contribution >= 4 is 146 Å². The maximum absolute atomic E-state index is 16.0. The Balaban J connectivity index is 1.22. The average molecular weight is 1980 g/mol. The van der Waals surface area contributed by atoms with Crippen molar-refractivity contribution in [3.05, 3.63) is 102 Å². The number of nitrogens with one attached hydrogen (secondary N) is 12. The predicted octanol–water partition coefficient (Wildman–Crippen LogP) is -2.73. The number of carbonyl (C=O) groups excluding carboxylic acids is 18. The van der Waals surface area contributed by atoms with Gasteiger partial charge in [0.25, 0.3) is 0 Å². The number of thioether (sulfide) groups is 1. The Hall–Kier alpha value is -13.7. The van der Waals surface area contributed by atoms with Crippen molar-refractivity contribution in [1.82, 2.24) is 92.5 Å². The van der Waals surface area contributed by atoms with Crippen LogP contribution in [-0.2, 0) is 117 Å². The zero-order valence-corrected chi connectivity index (χ0v) is 82.0. The Morgan fingerprint density at radius 3 is 1.77 bits per heavy atom. The summed E-state index contributed by atoms with van der Waals surface area (Å²) in [6.45, 7) is 8.97. The lowest BCUT2D eigenvalue weighted by atomic mass is 9.99. The highest BCUT2D eigenvalue weighted by Crippen LogP contribution is 2.29. The second kappa shape index (κ2) is 53.6. The number of amides is 18. The van der Waals surface area contributed by atoms with E-state index in [1.54, 1.807) is 82.4 Å². The predicted molar refractivity (Wildman–Crippen MR) is 520 cm³/mol. The highest BCUT2D eigenvalue weighted by molar-refractivity contribution is 8.00. The topological polar surface area (TPSA) is 658 Å². The molecule has 5 aromatic rings. The van der Waals surface area contributed by atoms with E-state index in [4.69, 9.17) is 29.4 Å². The van der Waals surface area contributed by atoms with E-state index < -0.39 is 272 Å². The van der Waals surface area contributed by atoms with Crippen LogP contribution in [0.1, 0.15) is 155 Å². The lowest BCUT2D eigenvalue weighted by Crippen LogP contribution is -2.62. The molecule has 0 saturated carbocycles. The number of aromatic amines is 1. The molecule has 0 spiro atoms. The molecular weight excluding hydrogens is 1850 g/mol. The monoisotopic (exact) mass is 1980 g/mol. The number of aromatic hydroxyl groups is 1. The molecular formula is C96H136N22O22S. The minimum absolute atomic E-state index is 0.0316. The molecule has 45 heteroatoms. The van der Waals surface area contributed by atoms with Crippen molar-refractivity contribution < 1.29 is 106 Å². The number of nitrogens with two attached hydrogens (primary N) is 4. The molecule has 8 rings (SSSR count). The fourth-order valence-electron chi connectivity index (χ4n) is 17.4. The average Bonchev–Trinajstić information content (AvgIpc) is 1.55. The number of benzene rings is 3. The number of aliphatic hydroxyl groups excluding tert-OH is 1. The molecule has 44 nitrogen and oxygen atoms in total. The summed E-state index contributed by atoms with van der Waals surface area (Å²) in [7, 11) is 3.87. The maximum Gasteiger partial charge on any atom is 0.323 e. The number of hydrogen-bond donors (Lipinski definition) is 19. The molecule has 0 bridgehead atoms. The van der Waals surface area contributed by atoms with Gasteiger partial charge in [0, 0.05) is 113 Å². The van der Waals surface area contributed by atoms with Gasteiger partial charge in [-0.05, 0) is 111 Å². The summed E-state index contributed by atoms with van der Waals surface area (Å²) >= 11 is 0.738. The number of phenols is 1. The van der Waals surface area contributed by atoms with Gasteiger partial charge in [0.2, 0.25) is 106 Å². The second-order valence-electron chi connectivity index (χ2n) is 36.8. The minimum Gasteiger partial charge on any atom is -0.508 e. The summed E-state index contributed by atoms with van der Waals surface area (Å²) in [6.07, 6.45) is 5.66. The number of aliphatic carboxylic acids is 1. The van der Waals surface area contributed by atoms with Crippen molar-refractivity contribution in [1.29, 1.82) is 0 Å². The van der Waals surface area contributed by atoms with Crippen molar-refractivity contribution in [2.75, 3.05) is 65.4 Å². The second-order valence-corrected chi connectivity index (χ2v) is 37.8. The summed E-state index contributed by atoms with van der Waals surface area (Å²) in [5, 5.41) is 61.8. The summed E-state index contributed by atoms with van der Waals surface area (Å²) < 4.78 is 1.43. The van der Waals surface area contributed by atoms with E-state index >= 15 is 38.4 Å². The van der Waals surface area contributed by atoms with Crippen molar-refractivity contribution in [3.63, 3.8) is 0 Å². The lowest BCUT2D eigenvalue weighted by Gasteiger charge is -2.36. The van der Waals surface area contributed by atoms with Crippen LogP contribution in [-0.4, -0.2) is 324 Å². The molecule has 141 heavy (non-hydrogen) atoms. The number of primary amides is 2. The number of aromatic nitrogens is 2. The van der Waals surface area contributed by atoms with Crippen LogP contribution in [0, 0.1) is 24.2 Å². The third kappa shape index (κ3) is 31.6. The van der Waals surface area contributed by atoms with Gasteiger partial charge in [0.1, 0.15) is 103 Å². The van der Waals surface area contributed by atoms with Gasteiger partial charge in [-0.2, -0.15) is 0 Å². The van der Waals surface area contributed by atoms with E-state index in [-0.39, 0.29) is 89.0 Å². The molecule has 3 fully saturated rings. The first-order valence-corrected chi connectivity index (χ1v) is 48.6. The zero-order valence-electron chi connectivity index (χ0n) is 81.2. The van der Waals surface area contributed by atoms with Gasteiger partial charge in [-0.25, -0.2) is 0 Å². The first-order valence-electron chi connectivity index (χ1n) is 47.4. The van der Waals surface area contributed by atoms with Crippen LogP contribution in [0.25, 0.3) is 21.8 Å². The van der Waals surface area contributed by atoms with Gasteiger partial charge in [0.15, 0.2) is 0 Å². The van der Waals surface area contributed by atoms with Gasteiger partial charge < -0.3 is 131 Å². The molecule has 768 valence electrons. The Labute approximate surface area is 821 Å². The first-order chi connectivity index (χ1) is 66.9. The van der Waals surface area contributed by atoms with Crippen LogP contribution in [0.5, 0.6) is 5.75 Å². The Morgan fingerprint density at radius 2 is 1.13 bits per heavy atom. The SMILES string of the molecule is C#CC[C@H](NC(=O)CNC(=O)[C@@H]1CSCC(=O)N[C@@H](Cc2ccc(O)cc2)C(=O)N(C)[C@@H](C)C(=O)N[C@@H](CC(N)=O)C(=O)N2CCC[C@H]2C(=O)N[C@@H](CN)C(=O)N[C@@H](CC(C)C)C(=O)N2C[C@H](O)C[C@H]2C(=O)N[C@@H](Cc2c[nH]c3ccccc23)C(=O)N[C@@H](CCN)C(=O)N[C@@H](Cc2cn(CC(=O)O)c3ccccc23)C(=O)N(C)[C@@H](CCCC)C(=O)N(C)[C@@H](CCCC)C(=O)N[C@@H](CC(C)C)C(=O)N1)C(N)=O. The van der Waals surface area contributed by atoms with Crippen LogP contribution in [0.15, 0.2) is 85.2 Å². The maximum atomic E-state index is 16.0. The number of rotatable bonds is 29. The number of unbranched alkanes of at least 4 members (excludes halogenated alkanes) is 2. The summed E-state index contributed by atoms with van der Waals surface area (Å²) in [5.41, 5.74) is 25.9. The number of hydrogen-bond acceptors (Lipinski definition) is 24. The molecule has 0 aliphatic carbocycles. The number of H-pyrrole nitrogens is 1. The molecule has 18 amide bonds. The van der Waals surface area contributed by atoms with Crippen molar-refractivity contribution in [2.45, 2.75) is 261 Å². The summed E-state index contributed by atoms with van der Waals surface area (Å²) in [4.78, 5) is 286. The van der Waals surface area contributed by atoms with Crippen LogP contribution in [0.2, 0.25) is 0 Å². The number of likely N-dealkylation sites (N-methyl/N-ethyl adjacent to an activating group) is 3. The largest absolute Gasteiger partial charge is 0.508 e. The zero-order chi connectivity index (χ0) is 104. The number of carboxylic acids is 1. The number of para-hydroxylation sites is 2. The molecule has 3 saturated heterocycles. The molecule has 23 N–H and O–H groups in total. The lowest BCUT2D eigenvalue weighted by molar-refractivity contribution is -0.149. The fraction of sp³-hybridized carbons (Fsp3) is 0.552. The van der Waals surface area contributed by atoms with E-state index in [2.05, 4.69) is 69.4 Å². The molecule has 3 aliphatic rings. The summed E-state index contributed by atoms with van der Waals surface area (Å²) in [5.74, 6) is -18.2. The number of phenolic OH excluding ortho intramolecular Hbond substituents is 1. The smallest absolute Gasteiger partial charge is 0.323 e. The first kappa shape index (κ1) is 113. The van der Waals surface area contributed by atoms with Gasteiger partial charge >= 0.3 is 5.97 Å². The Bertz CT molecular complexity index is 5370. The Morgan fingerprint density at radius 1 is 0.582 bits per heavy atom. The van der Waals surface area contributed by atoms with Crippen LogP contribution in [0.3, 0.4) is 0 Å². The van der Waals surface area contributed by atoms with Crippen LogP contribution < -0.4 is 81.4 Å². The highest BCUT2D eigenvalue weighted by atomic mass is 32.2. The highest BCUT2D eigenvalue weighted by Gasteiger charge is 2.47. The van der Waals surface area contributed by atoms with Gasteiger partial charge in [-0.1, -0.05) is 116 Å². The standard InChI is InChI=1S/C96H136N22O22S/c1-12-15-26-74-89(133)106-65(37-52(4)5)86(130)112-72(84(128)102-46-79(122)103-63(22-14-3)82(100)126)50-141-51-80(123)104-68(39-55-30-32-58(119)33-31-55)92(136)113(9)54(8)83(127)108-70(43-78(99)121)94(138)117-36-21-29-75(117)90(134)111-71(44-98)88(132)109-67(38-53(6)7)95(139)118-48-59(120)42-77(118)91(135)107-66(40-56-45-101-62-25-19-17-23-60(56)62)87(131)105-64(34-35-97)85(129)110-69(93(137)115(11)76(27-16-13-2)96(140)114(74)10)41-57-47-116(49-81(124)125)73-28-20-18-24-61(57)73/h3,17-20,23-25,28,30-33,45,47,52-54,59,63-72,74-77,101,119-120H,12-13,15-16,21-22,26-27,29,34-44,46,48-51,97-98H2,1-2,4-11H3,(H2,99,121)(H2,100,126)(H,102,128)(H,103,122)(H,104,123)(H,105,131)(H,106,133)(H,107,135)(H,108,127)(H,109,132)(H,110,129)(H,111,134)(H,112,130)(H,124,125)/t54-,59+,63-,64-,65-,66-,67-,68-,69-,70-,71-,72-,74-,75-,76-,77-/m0/s1. The molecule has 16 atom stereocenters. The third-order valence-electron chi connectivity index (χ3n) is 25.1. The Kier molecular flexibility index (Phi) is 42.8. The molecule has 3 aromatic carbocycles. The summed E-state index contributed by atoms with van der Waals surface area (Å²) in [6, 6.07) is -4.09. The number of carboxylic acid groups (broad SMARTS) is 1. The number of aliphatic hydroxyl groups is 1. The van der Waals surface area contributed by atoms with Crippen LogP contribution >= 0.6 is 11.8 Å². The quantitative estimate of drug-likeness (QED) is 0.0216. The third-order valence-corrected chi connectivity index (χ3v) is 26.1. The van der Waals surface area contributed by atoms with Gasteiger partial charge in [0.05, 0.1) is 24.8 Å². The number of nitrogens with zero attached hydrogens (tertiary/aromatic N) is 6. The molecule has 0 unspecified atom stereocenters. The normalized spacial score (nSPS) is 24.4. The van der Waals surface area contributed by atoms with Crippen molar-refractivity contribution in [3.8, 4) is 18.1 Å².